The zero-order valence-electron chi connectivity index (χ0n) is 44.6. The summed E-state index contributed by atoms with van der Waals surface area (Å²) in [5, 5.41) is 13.2. The van der Waals surface area contributed by atoms with Gasteiger partial charge in [0.15, 0.2) is 23.0 Å². The Morgan fingerprint density at radius 1 is 0.676 bits per heavy atom. The third-order valence-corrected chi connectivity index (χ3v) is 14.4. The first kappa shape index (κ1) is 57.1. The Hall–Kier alpha value is -7.82. The Morgan fingerprint density at radius 3 is 1.66 bits per heavy atom. The molecule has 17 nitrogen and oxygen atoms in total. The molecular weight excluding hydrogens is 943 g/mol. The van der Waals surface area contributed by atoms with Gasteiger partial charge in [-0.1, -0.05) is 85.2 Å². The molecule has 392 valence electrons. The molecule has 4 aromatic carbocycles. The maximum Gasteiger partial charge on any atom is 0.340 e. The third kappa shape index (κ3) is 12.9. The van der Waals surface area contributed by atoms with Crippen LogP contribution in [0.1, 0.15) is 134 Å². The van der Waals surface area contributed by atoms with Crippen LogP contribution in [0.5, 0.6) is 0 Å². The van der Waals surface area contributed by atoms with Gasteiger partial charge in [-0.25, -0.2) is 9.59 Å². The summed E-state index contributed by atoms with van der Waals surface area (Å²) in [6, 6.07) is 26.8. The van der Waals surface area contributed by atoms with Gasteiger partial charge in [-0.2, -0.15) is 10.2 Å². The fourth-order valence-electron chi connectivity index (χ4n) is 9.27. The third-order valence-electron chi connectivity index (χ3n) is 14.4. The number of β-lactam (4-membered cyclic amide) rings is 1. The molecule has 3 amide bonds. The Kier molecular flexibility index (Phi) is 18.0. The number of carbonyl (C=O) groups is 8. The van der Waals surface area contributed by atoms with E-state index in [9.17, 15) is 38.4 Å². The number of ether oxygens (including phenoxy) is 2. The van der Waals surface area contributed by atoms with E-state index < -0.39 is 69.0 Å². The maximum absolute atomic E-state index is 14.9. The molecule has 1 saturated heterocycles. The first-order chi connectivity index (χ1) is 34.7. The normalized spacial score (nSPS) is 15.9. The van der Waals surface area contributed by atoms with Crippen molar-refractivity contribution in [1.29, 1.82) is 0 Å². The van der Waals surface area contributed by atoms with Crippen LogP contribution in [0.25, 0.3) is 0 Å². The second kappa shape index (κ2) is 23.4. The maximum atomic E-state index is 14.9. The lowest BCUT2D eigenvalue weighted by atomic mass is 9.57. The van der Waals surface area contributed by atoms with Crippen molar-refractivity contribution in [3.63, 3.8) is 0 Å². The highest BCUT2D eigenvalue weighted by atomic mass is 16.5. The quantitative estimate of drug-likeness (QED) is 0.0179. The average Bonchev–Trinajstić information content (AvgIpc) is 3.37. The van der Waals surface area contributed by atoms with Crippen LogP contribution in [0.15, 0.2) is 107 Å². The molecular formula is C57H69N7O10. The number of anilines is 5. The van der Waals surface area contributed by atoms with Crippen molar-refractivity contribution in [2.75, 3.05) is 40.6 Å². The number of esters is 2. The van der Waals surface area contributed by atoms with E-state index in [-0.39, 0.29) is 51.2 Å². The minimum Gasteiger partial charge on any atom is -0.465 e. The van der Waals surface area contributed by atoms with Crippen molar-refractivity contribution in [2.45, 2.75) is 113 Å². The van der Waals surface area contributed by atoms with E-state index in [2.05, 4.69) is 78.4 Å². The number of methoxy groups -OCH3 is 2. The van der Waals surface area contributed by atoms with Gasteiger partial charge in [-0.15, -0.1) is 0 Å². The van der Waals surface area contributed by atoms with E-state index in [4.69, 9.17) is 9.47 Å². The highest BCUT2D eigenvalue weighted by molar-refractivity contribution is 6.67. The van der Waals surface area contributed by atoms with Crippen LogP contribution in [0, 0.1) is 22.2 Å². The minimum absolute atomic E-state index is 0.0127. The van der Waals surface area contributed by atoms with Crippen molar-refractivity contribution in [3.05, 3.63) is 114 Å². The summed E-state index contributed by atoms with van der Waals surface area (Å²) in [5.41, 5.74) is 4.87. The summed E-state index contributed by atoms with van der Waals surface area (Å²) in [6.07, 6.45) is 2.83. The number of carbonyl (C=O) groups excluding carboxylic acids is 8. The topological polar surface area (TPSA) is 231 Å². The average molecular weight is 1010 g/mol. The molecule has 0 radical (unpaired) electrons. The monoisotopic (exact) mass is 1010 g/mol. The van der Waals surface area contributed by atoms with E-state index in [0.717, 1.165) is 32.4 Å². The van der Waals surface area contributed by atoms with Crippen molar-refractivity contribution < 1.29 is 47.8 Å². The molecule has 1 aliphatic heterocycles. The number of hydrazone groups is 2. The summed E-state index contributed by atoms with van der Waals surface area (Å²) < 4.78 is 9.51. The smallest absolute Gasteiger partial charge is 0.340 e. The number of amides is 3. The lowest BCUT2D eigenvalue weighted by Gasteiger charge is -2.56. The first-order valence-corrected chi connectivity index (χ1v) is 24.5. The lowest BCUT2D eigenvalue weighted by molar-refractivity contribution is -0.144. The predicted molar refractivity (Wildman–Crippen MR) is 287 cm³/mol. The van der Waals surface area contributed by atoms with Gasteiger partial charge in [0.2, 0.25) is 5.91 Å². The summed E-state index contributed by atoms with van der Waals surface area (Å²) in [5.74, 6) is -4.90. The Morgan fingerprint density at radius 2 is 1.19 bits per heavy atom. The predicted octanol–water partition coefficient (Wildman–Crippen LogP) is 10.0. The van der Waals surface area contributed by atoms with Crippen LogP contribution in [-0.4, -0.2) is 78.2 Å². The van der Waals surface area contributed by atoms with Crippen molar-refractivity contribution in [2.24, 2.45) is 32.4 Å². The van der Waals surface area contributed by atoms with Crippen molar-refractivity contribution in [3.8, 4) is 0 Å². The molecule has 0 bridgehead atoms. The fraction of sp³-hybridized carbons (Fsp3) is 0.404. The Labute approximate surface area is 433 Å². The number of rotatable bonds is 23. The number of hydrogen-bond donors (Lipinski definition) is 4. The Bertz CT molecular complexity index is 2850. The van der Waals surface area contributed by atoms with Crippen LogP contribution in [0.4, 0.5) is 28.4 Å². The summed E-state index contributed by atoms with van der Waals surface area (Å²) in [4.78, 5) is 107. The zero-order valence-corrected chi connectivity index (χ0v) is 44.6. The minimum atomic E-state index is -0.915. The van der Waals surface area contributed by atoms with Gasteiger partial charge in [-0.05, 0) is 117 Å². The molecule has 74 heavy (non-hydrogen) atoms. The molecule has 4 aromatic rings. The summed E-state index contributed by atoms with van der Waals surface area (Å²) in [6.45, 7) is 21.2. The second-order valence-electron chi connectivity index (χ2n) is 20.8. The van der Waals surface area contributed by atoms with Gasteiger partial charge in [0.05, 0.1) is 48.2 Å². The molecule has 0 aliphatic carbocycles. The molecule has 0 saturated carbocycles. The van der Waals surface area contributed by atoms with E-state index in [1.165, 1.54) is 56.5 Å². The molecule has 4 N–H and O–H groups in total. The standard InChI is InChI=1S/C57H69N7O10/c1-14-54(5,6)32-43(36-19-17-16-18-20-36)55(7,8)53(72)57(11,15-2)33-44-50(69)64(56(44,9)10)41-28-26-40(27-29-41)60-62-46(34(3)65)48(67)58-38-22-24-39(25-23-38)59-49(68)47(35(4)66)63-61-45-31-37(51(70)73-12)21-30-42(45)52(71)74-13/h16-31,43-44,60-61H,14-15,32-33H2,1-13H3,(H,58,67)(H,59,68)/b62-46+,63-47+. The van der Waals surface area contributed by atoms with E-state index in [1.807, 2.05) is 45.9 Å². The van der Waals surface area contributed by atoms with Gasteiger partial charge in [0.1, 0.15) is 5.78 Å². The summed E-state index contributed by atoms with van der Waals surface area (Å²) in [7, 11) is 2.34. The van der Waals surface area contributed by atoms with Crippen LogP contribution in [0.2, 0.25) is 0 Å². The number of nitrogens with zero attached hydrogens (tertiary/aromatic N) is 3. The van der Waals surface area contributed by atoms with E-state index in [1.54, 1.807) is 29.2 Å². The summed E-state index contributed by atoms with van der Waals surface area (Å²) >= 11 is 0. The fourth-order valence-corrected chi connectivity index (χ4v) is 9.27. The van der Waals surface area contributed by atoms with E-state index in [0.29, 0.717) is 24.2 Å². The zero-order chi connectivity index (χ0) is 54.9. The Balaban J connectivity index is 1.22. The van der Waals surface area contributed by atoms with Crippen molar-refractivity contribution in [1.82, 2.24) is 0 Å². The molecule has 17 heteroatoms. The number of nitrogens with one attached hydrogen (secondary N) is 4. The van der Waals surface area contributed by atoms with Gasteiger partial charge < -0.3 is 25.0 Å². The molecule has 0 aromatic heterocycles. The van der Waals surface area contributed by atoms with Gasteiger partial charge in [0.25, 0.3) is 11.8 Å². The first-order valence-electron chi connectivity index (χ1n) is 24.5. The second-order valence-corrected chi connectivity index (χ2v) is 20.8. The lowest BCUT2D eigenvalue weighted by Crippen LogP contribution is -2.69. The number of benzene rings is 4. The SMILES string of the molecule is CCC(C)(C)CC(c1ccccc1)C(C)(C)C(=O)C(C)(CC)CC1C(=O)N(c2ccc(N/N=C(\C(C)=O)C(=O)Nc3ccc(NC(=O)/C(=N/Nc4cc(C(=O)OC)ccc4C(=O)OC)C(C)=O)cc3)cc2)C1(C)C. The van der Waals surface area contributed by atoms with Crippen LogP contribution < -0.4 is 26.4 Å². The number of ketones is 3. The van der Waals surface area contributed by atoms with Crippen molar-refractivity contribution >= 4 is 86.9 Å². The molecule has 5 rings (SSSR count). The van der Waals surface area contributed by atoms with Gasteiger partial charge in [-0.3, -0.25) is 39.6 Å². The van der Waals surface area contributed by atoms with Crippen LogP contribution in [-0.2, 0) is 38.2 Å². The van der Waals surface area contributed by atoms with E-state index >= 15 is 0 Å². The highest BCUT2D eigenvalue weighted by Gasteiger charge is 2.58. The highest BCUT2D eigenvalue weighted by Crippen LogP contribution is 2.53. The van der Waals surface area contributed by atoms with Gasteiger partial charge in [0, 0.05) is 41.7 Å². The molecule has 1 heterocycles. The number of hydrogen-bond acceptors (Lipinski definition) is 14. The molecule has 1 fully saturated rings. The largest absolute Gasteiger partial charge is 0.465 e. The number of Topliss-reactive ketones (excluding diaryl/α,β-unsaturated/α-hetero) is 3. The van der Waals surface area contributed by atoms with Crippen LogP contribution >= 0.6 is 0 Å². The van der Waals surface area contributed by atoms with Gasteiger partial charge >= 0.3 is 11.9 Å². The molecule has 3 atom stereocenters. The molecule has 1 aliphatic rings. The molecule has 0 spiro atoms. The molecule has 3 unspecified atom stereocenters. The van der Waals surface area contributed by atoms with Crippen LogP contribution in [0.3, 0.4) is 0 Å².